The van der Waals surface area contributed by atoms with Gasteiger partial charge in [-0.15, -0.1) is 11.3 Å². The van der Waals surface area contributed by atoms with Crippen molar-refractivity contribution in [2.24, 2.45) is 0 Å². The van der Waals surface area contributed by atoms with Gasteiger partial charge in [0.15, 0.2) is 5.76 Å². The SMILES string of the molecule is CCc1cc([C@H](c2cccc(OC)c2)N2CCOCC2)c(NC(=O)c2ccco2)s1. The summed E-state index contributed by atoms with van der Waals surface area (Å²) in [7, 11) is 1.68. The Bertz CT molecular complexity index is 977. The summed E-state index contributed by atoms with van der Waals surface area (Å²) in [6, 6.07) is 13.7. The number of furan rings is 1. The summed E-state index contributed by atoms with van der Waals surface area (Å²) in [5, 5.41) is 3.94. The predicted molar refractivity (Wildman–Crippen MR) is 118 cm³/mol. The van der Waals surface area contributed by atoms with Crippen molar-refractivity contribution in [1.82, 2.24) is 4.90 Å². The molecular weight excluding hydrogens is 400 g/mol. The average Bonchev–Trinajstić information content (AvgIpc) is 3.46. The van der Waals surface area contributed by atoms with Crippen molar-refractivity contribution in [1.29, 1.82) is 0 Å². The minimum absolute atomic E-state index is 0.00699. The number of thiophene rings is 1. The van der Waals surface area contributed by atoms with Crippen LogP contribution in [-0.4, -0.2) is 44.2 Å². The van der Waals surface area contributed by atoms with E-state index in [9.17, 15) is 4.79 Å². The van der Waals surface area contributed by atoms with E-state index >= 15 is 0 Å². The Morgan fingerprint density at radius 2 is 2.07 bits per heavy atom. The van der Waals surface area contributed by atoms with Crippen molar-refractivity contribution in [3.8, 4) is 5.75 Å². The maximum atomic E-state index is 12.7. The standard InChI is InChI=1S/C23H26N2O4S/c1-3-18-15-19(23(30-18)24-22(26)20-8-5-11-29-20)21(25-9-12-28-13-10-25)16-6-4-7-17(14-16)27-2/h4-8,11,14-15,21H,3,9-10,12-13H2,1-2H3,(H,24,26)/t21-/m0/s1. The van der Waals surface area contributed by atoms with Crippen LogP contribution < -0.4 is 10.1 Å². The van der Waals surface area contributed by atoms with Crippen LogP contribution >= 0.6 is 11.3 Å². The Morgan fingerprint density at radius 1 is 1.23 bits per heavy atom. The van der Waals surface area contributed by atoms with E-state index in [0.717, 1.165) is 41.4 Å². The fraction of sp³-hybridized carbons (Fsp3) is 0.348. The third kappa shape index (κ3) is 4.43. The molecule has 7 heteroatoms. The van der Waals surface area contributed by atoms with Gasteiger partial charge in [-0.25, -0.2) is 0 Å². The van der Waals surface area contributed by atoms with E-state index in [0.29, 0.717) is 19.0 Å². The Balaban J connectivity index is 1.75. The Labute approximate surface area is 180 Å². The summed E-state index contributed by atoms with van der Waals surface area (Å²) in [5.74, 6) is 0.881. The third-order valence-electron chi connectivity index (χ3n) is 5.25. The number of amides is 1. The van der Waals surface area contributed by atoms with E-state index in [1.54, 1.807) is 30.6 Å². The number of methoxy groups -OCH3 is 1. The van der Waals surface area contributed by atoms with Crippen molar-refractivity contribution < 1.29 is 18.7 Å². The quantitative estimate of drug-likeness (QED) is 0.599. The number of rotatable bonds is 7. The van der Waals surface area contributed by atoms with Gasteiger partial charge in [0, 0.05) is 23.5 Å². The lowest BCUT2D eigenvalue weighted by Gasteiger charge is -2.35. The summed E-state index contributed by atoms with van der Waals surface area (Å²) in [6.07, 6.45) is 2.41. The lowest BCUT2D eigenvalue weighted by atomic mass is 9.97. The number of morpholine rings is 1. The van der Waals surface area contributed by atoms with E-state index in [2.05, 4.69) is 35.3 Å². The van der Waals surface area contributed by atoms with Crippen LogP contribution in [0.25, 0.3) is 0 Å². The van der Waals surface area contributed by atoms with E-state index in [-0.39, 0.29) is 11.9 Å². The molecule has 0 aliphatic carbocycles. The van der Waals surface area contributed by atoms with Crippen molar-refractivity contribution in [2.75, 3.05) is 38.7 Å². The van der Waals surface area contributed by atoms with Gasteiger partial charge in [-0.05, 0) is 42.3 Å². The molecule has 0 unspecified atom stereocenters. The molecule has 3 heterocycles. The van der Waals surface area contributed by atoms with Crippen molar-refractivity contribution >= 4 is 22.2 Å². The summed E-state index contributed by atoms with van der Waals surface area (Å²) >= 11 is 1.62. The minimum Gasteiger partial charge on any atom is -0.497 e. The van der Waals surface area contributed by atoms with Gasteiger partial charge in [0.25, 0.3) is 5.91 Å². The molecule has 4 rings (SSSR count). The Kier molecular flexibility index (Phi) is 6.52. The maximum Gasteiger partial charge on any atom is 0.291 e. The number of aryl methyl sites for hydroxylation is 1. The van der Waals surface area contributed by atoms with Crippen molar-refractivity contribution in [3.63, 3.8) is 0 Å². The zero-order chi connectivity index (χ0) is 20.9. The maximum absolute atomic E-state index is 12.7. The molecule has 3 aromatic rings. The molecule has 158 valence electrons. The molecule has 1 aromatic carbocycles. The van der Waals surface area contributed by atoms with E-state index in [1.165, 1.54) is 11.1 Å². The number of benzene rings is 1. The van der Waals surface area contributed by atoms with Crippen molar-refractivity contribution in [2.45, 2.75) is 19.4 Å². The zero-order valence-electron chi connectivity index (χ0n) is 17.2. The number of nitrogens with zero attached hydrogens (tertiary/aromatic N) is 1. The number of nitrogens with one attached hydrogen (secondary N) is 1. The highest BCUT2D eigenvalue weighted by Gasteiger charge is 2.29. The lowest BCUT2D eigenvalue weighted by Crippen LogP contribution is -2.39. The first kappa shape index (κ1) is 20.7. The molecule has 0 saturated carbocycles. The van der Waals surface area contributed by atoms with Gasteiger partial charge < -0.3 is 19.2 Å². The highest BCUT2D eigenvalue weighted by Crippen LogP contribution is 2.40. The molecule has 1 saturated heterocycles. The second kappa shape index (κ2) is 9.47. The van der Waals surface area contributed by atoms with Crippen LogP contribution in [-0.2, 0) is 11.2 Å². The van der Waals surface area contributed by atoms with Crippen LogP contribution in [0.5, 0.6) is 5.75 Å². The number of hydrogen-bond donors (Lipinski definition) is 1. The van der Waals surface area contributed by atoms with Crippen LogP contribution in [0.2, 0.25) is 0 Å². The number of ether oxygens (including phenoxy) is 2. The number of anilines is 1. The molecule has 1 atom stereocenters. The molecule has 0 bridgehead atoms. The Morgan fingerprint density at radius 3 is 2.77 bits per heavy atom. The van der Waals surface area contributed by atoms with Gasteiger partial charge in [0.1, 0.15) is 10.8 Å². The first-order valence-electron chi connectivity index (χ1n) is 10.1. The smallest absolute Gasteiger partial charge is 0.291 e. The molecule has 1 aliphatic rings. The first-order chi connectivity index (χ1) is 14.7. The van der Waals surface area contributed by atoms with Crippen LogP contribution in [0.4, 0.5) is 5.00 Å². The third-order valence-corrected chi connectivity index (χ3v) is 6.46. The monoisotopic (exact) mass is 426 g/mol. The molecule has 1 fully saturated rings. The van der Waals surface area contributed by atoms with Gasteiger partial charge in [0.2, 0.25) is 0 Å². The minimum atomic E-state index is -0.239. The van der Waals surface area contributed by atoms with Gasteiger partial charge >= 0.3 is 0 Å². The predicted octanol–water partition coefficient (Wildman–Crippen LogP) is 4.59. The average molecular weight is 427 g/mol. The molecule has 6 nitrogen and oxygen atoms in total. The normalized spacial score (nSPS) is 15.7. The number of carbonyl (C=O) groups is 1. The van der Waals surface area contributed by atoms with Crippen LogP contribution in [0.3, 0.4) is 0 Å². The van der Waals surface area contributed by atoms with E-state index in [1.807, 2.05) is 12.1 Å². The second-order valence-corrected chi connectivity index (χ2v) is 8.25. The number of carbonyl (C=O) groups excluding carboxylic acids is 1. The zero-order valence-corrected chi connectivity index (χ0v) is 18.0. The highest BCUT2D eigenvalue weighted by atomic mass is 32.1. The van der Waals surface area contributed by atoms with Crippen LogP contribution in [0, 0.1) is 0 Å². The lowest BCUT2D eigenvalue weighted by molar-refractivity contribution is 0.0241. The second-order valence-electron chi connectivity index (χ2n) is 7.11. The fourth-order valence-electron chi connectivity index (χ4n) is 3.74. The molecule has 1 aliphatic heterocycles. The molecular formula is C23H26N2O4S. The number of hydrogen-bond acceptors (Lipinski definition) is 6. The van der Waals surface area contributed by atoms with Crippen molar-refractivity contribution in [3.05, 3.63) is 70.5 Å². The van der Waals surface area contributed by atoms with Crippen LogP contribution in [0.15, 0.2) is 53.1 Å². The Hall–Kier alpha value is -2.61. The van der Waals surface area contributed by atoms with Crippen LogP contribution in [0.1, 0.15) is 39.5 Å². The largest absolute Gasteiger partial charge is 0.497 e. The highest BCUT2D eigenvalue weighted by molar-refractivity contribution is 7.16. The summed E-state index contributed by atoms with van der Waals surface area (Å²) < 4.78 is 16.3. The molecule has 1 amide bonds. The van der Waals surface area contributed by atoms with Gasteiger partial charge in [0.05, 0.1) is 32.6 Å². The summed E-state index contributed by atoms with van der Waals surface area (Å²) in [5.41, 5.74) is 2.22. The molecule has 0 spiro atoms. The topological polar surface area (TPSA) is 63.9 Å². The van der Waals surface area contributed by atoms with E-state index in [4.69, 9.17) is 13.9 Å². The molecule has 2 aromatic heterocycles. The van der Waals surface area contributed by atoms with Gasteiger partial charge in [-0.1, -0.05) is 19.1 Å². The molecule has 30 heavy (non-hydrogen) atoms. The van der Waals surface area contributed by atoms with Gasteiger partial charge in [-0.3, -0.25) is 9.69 Å². The summed E-state index contributed by atoms with van der Waals surface area (Å²) in [6.45, 7) is 5.16. The summed E-state index contributed by atoms with van der Waals surface area (Å²) in [4.78, 5) is 16.3. The van der Waals surface area contributed by atoms with E-state index < -0.39 is 0 Å². The molecule has 0 radical (unpaired) electrons. The fourth-order valence-corrected chi connectivity index (χ4v) is 4.76. The molecule has 1 N–H and O–H groups in total. The van der Waals surface area contributed by atoms with Gasteiger partial charge in [-0.2, -0.15) is 0 Å². The first-order valence-corrected chi connectivity index (χ1v) is 10.9.